The summed E-state index contributed by atoms with van der Waals surface area (Å²) in [5.74, 6) is 3.10. The van der Waals surface area contributed by atoms with Gasteiger partial charge in [0.15, 0.2) is 0 Å². The number of hydrogen-bond acceptors (Lipinski definition) is 4. The summed E-state index contributed by atoms with van der Waals surface area (Å²) in [6.45, 7) is 13.4. The van der Waals surface area contributed by atoms with E-state index < -0.39 is 0 Å². The topological polar surface area (TPSA) is 49.8 Å². The van der Waals surface area contributed by atoms with Crippen molar-refractivity contribution in [1.82, 2.24) is 9.97 Å². The highest BCUT2D eigenvalue weighted by Gasteiger charge is 2.13. The van der Waals surface area contributed by atoms with Crippen molar-refractivity contribution in [1.29, 1.82) is 0 Å². The third kappa shape index (κ3) is 3.58. The maximum Gasteiger partial charge on any atom is 0.135 e. The lowest BCUT2D eigenvalue weighted by Gasteiger charge is -2.17. The molecule has 4 heteroatoms. The first-order chi connectivity index (χ1) is 7.95. The average molecular weight is 236 g/mol. The summed E-state index contributed by atoms with van der Waals surface area (Å²) in [5, 5.41) is 6.67. The molecule has 17 heavy (non-hydrogen) atoms. The molecule has 1 heterocycles. The van der Waals surface area contributed by atoms with E-state index in [4.69, 9.17) is 0 Å². The molecule has 0 aromatic carbocycles. The molecule has 1 aromatic rings. The monoisotopic (exact) mass is 236 g/mol. The van der Waals surface area contributed by atoms with Crippen molar-refractivity contribution in [3.05, 3.63) is 11.4 Å². The molecule has 0 unspecified atom stereocenters. The van der Waals surface area contributed by atoms with Crippen LogP contribution in [0.5, 0.6) is 0 Å². The summed E-state index contributed by atoms with van der Waals surface area (Å²) < 4.78 is 0. The summed E-state index contributed by atoms with van der Waals surface area (Å²) in [6.07, 6.45) is 0. The van der Waals surface area contributed by atoms with Gasteiger partial charge in [-0.3, -0.25) is 0 Å². The van der Waals surface area contributed by atoms with Crippen LogP contribution in [0, 0.1) is 6.92 Å². The zero-order valence-electron chi connectivity index (χ0n) is 11.8. The lowest BCUT2D eigenvalue weighted by Crippen LogP contribution is -2.16. The van der Waals surface area contributed by atoms with Crippen molar-refractivity contribution < 1.29 is 0 Å². The molecule has 0 amide bonds. The van der Waals surface area contributed by atoms with Gasteiger partial charge in [0.05, 0.1) is 0 Å². The highest BCUT2D eigenvalue weighted by molar-refractivity contribution is 5.57. The van der Waals surface area contributed by atoms with Gasteiger partial charge in [0.25, 0.3) is 0 Å². The molecule has 1 aromatic heterocycles. The van der Waals surface area contributed by atoms with E-state index in [1.54, 1.807) is 0 Å². The molecular weight excluding hydrogens is 212 g/mol. The largest absolute Gasteiger partial charge is 0.370 e. The first-order valence-corrected chi connectivity index (χ1v) is 6.34. The second-order valence-electron chi connectivity index (χ2n) is 4.89. The predicted octanol–water partition coefficient (Wildman–Crippen LogP) is 3.16. The zero-order valence-corrected chi connectivity index (χ0v) is 11.8. The maximum atomic E-state index is 4.59. The standard InChI is InChI=1S/C13H24N4/c1-7-14-12-10(6)13(15-9(4)5)17-11(16-12)8(2)3/h8-9H,7H2,1-6H3,(H2,14,15,16,17). The van der Waals surface area contributed by atoms with Crippen LogP contribution in [0.3, 0.4) is 0 Å². The molecule has 0 saturated heterocycles. The van der Waals surface area contributed by atoms with Crippen LogP contribution in [-0.2, 0) is 0 Å². The molecule has 0 saturated carbocycles. The summed E-state index contributed by atoms with van der Waals surface area (Å²) in [4.78, 5) is 9.16. The lowest BCUT2D eigenvalue weighted by atomic mass is 10.2. The van der Waals surface area contributed by atoms with Crippen LogP contribution in [0.15, 0.2) is 0 Å². The van der Waals surface area contributed by atoms with Gasteiger partial charge in [0.1, 0.15) is 17.5 Å². The SMILES string of the molecule is CCNc1nc(C(C)C)nc(NC(C)C)c1C. The smallest absolute Gasteiger partial charge is 0.135 e. The third-order valence-electron chi connectivity index (χ3n) is 2.45. The summed E-state index contributed by atoms with van der Waals surface area (Å²) in [6, 6.07) is 0.373. The minimum Gasteiger partial charge on any atom is -0.370 e. The van der Waals surface area contributed by atoms with Gasteiger partial charge in [-0.2, -0.15) is 0 Å². The van der Waals surface area contributed by atoms with Gasteiger partial charge in [-0.15, -0.1) is 0 Å². The molecule has 1 rings (SSSR count). The van der Waals surface area contributed by atoms with E-state index in [9.17, 15) is 0 Å². The first kappa shape index (κ1) is 13.7. The molecule has 0 aliphatic rings. The minimum atomic E-state index is 0.334. The minimum absolute atomic E-state index is 0.334. The van der Waals surface area contributed by atoms with Gasteiger partial charge < -0.3 is 10.6 Å². The van der Waals surface area contributed by atoms with Crippen molar-refractivity contribution in [2.24, 2.45) is 0 Å². The molecule has 0 bridgehead atoms. The molecular formula is C13H24N4. The Morgan fingerprint density at radius 1 is 1.06 bits per heavy atom. The van der Waals surface area contributed by atoms with Gasteiger partial charge in [0, 0.05) is 24.1 Å². The Bertz CT molecular complexity index is 372. The van der Waals surface area contributed by atoms with Crippen molar-refractivity contribution in [2.75, 3.05) is 17.2 Å². The molecule has 0 fully saturated rings. The van der Waals surface area contributed by atoms with Crippen molar-refractivity contribution in [3.8, 4) is 0 Å². The Balaban J connectivity index is 3.17. The number of anilines is 2. The quantitative estimate of drug-likeness (QED) is 0.824. The summed E-state index contributed by atoms with van der Waals surface area (Å²) >= 11 is 0. The lowest BCUT2D eigenvalue weighted by molar-refractivity contribution is 0.767. The number of aromatic nitrogens is 2. The van der Waals surface area contributed by atoms with Crippen LogP contribution in [0.2, 0.25) is 0 Å². The molecule has 2 N–H and O–H groups in total. The number of nitrogens with zero attached hydrogens (tertiary/aromatic N) is 2. The van der Waals surface area contributed by atoms with Crippen LogP contribution in [-0.4, -0.2) is 22.6 Å². The molecule has 4 nitrogen and oxygen atoms in total. The van der Waals surface area contributed by atoms with E-state index in [-0.39, 0.29) is 0 Å². The normalized spacial score (nSPS) is 11.1. The predicted molar refractivity (Wildman–Crippen MR) is 73.8 cm³/mol. The van der Waals surface area contributed by atoms with E-state index in [0.29, 0.717) is 12.0 Å². The molecule has 0 spiro atoms. The summed E-state index contributed by atoms with van der Waals surface area (Å²) in [5.41, 5.74) is 1.09. The van der Waals surface area contributed by atoms with Crippen molar-refractivity contribution >= 4 is 11.6 Å². The highest BCUT2D eigenvalue weighted by atomic mass is 15.1. The zero-order chi connectivity index (χ0) is 13.0. The van der Waals surface area contributed by atoms with Crippen LogP contribution < -0.4 is 10.6 Å². The molecule has 96 valence electrons. The molecule has 0 atom stereocenters. The van der Waals surface area contributed by atoms with Crippen LogP contribution in [0.1, 0.15) is 51.9 Å². The Kier molecular flexibility index (Phi) is 4.73. The van der Waals surface area contributed by atoms with E-state index in [1.165, 1.54) is 0 Å². The Labute approximate surface area is 104 Å². The summed E-state index contributed by atoms with van der Waals surface area (Å²) in [7, 11) is 0. The van der Waals surface area contributed by atoms with Gasteiger partial charge in [0.2, 0.25) is 0 Å². The third-order valence-corrected chi connectivity index (χ3v) is 2.45. The second-order valence-corrected chi connectivity index (χ2v) is 4.89. The van der Waals surface area contributed by atoms with Crippen LogP contribution >= 0.6 is 0 Å². The fourth-order valence-corrected chi connectivity index (χ4v) is 1.55. The van der Waals surface area contributed by atoms with Gasteiger partial charge >= 0.3 is 0 Å². The van der Waals surface area contributed by atoms with E-state index in [1.807, 2.05) is 6.92 Å². The van der Waals surface area contributed by atoms with Crippen molar-refractivity contribution in [2.45, 2.75) is 53.5 Å². The van der Waals surface area contributed by atoms with Gasteiger partial charge in [-0.05, 0) is 27.7 Å². The molecule has 0 radical (unpaired) electrons. The number of nitrogens with one attached hydrogen (secondary N) is 2. The van der Waals surface area contributed by atoms with Crippen LogP contribution in [0.25, 0.3) is 0 Å². The Morgan fingerprint density at radius 3 is 2.12 bits per heavy atom. The maximum absolute atomic E-state index is 4.59. The van der Waals surface area contributed by atoms with Crippen molar-refractivity contribution in [3.63, 3.8) is 0 Å². The second kappa shape index (κ2) is 5.84. The van der Waals surface area contributed by atoms with E-state index >= 15 is 0 Å². The number of hydrogen-bond donors (Lipinski definition) is 2. The van der Waals surface area contributed by atoms with Gasteiger partial charge in [-0.25, -0.2) is 9.97 Å². The van der Waals surface area contributed by atoms with E-state index in [0.717, 1.165) is 29.6 Å². The average Bonchev–Trinajstić information content (AvgIpc) is 2.23. The van der Waals surface area contributed by atoms with Crippen LogP contribution in [0.4, 0.5) is 11.6 Å². The molecule has 0 aliphatic carbocycles. The Morgan fingerprint density at radius 2 is 1.65 bits per heavy atom. The van der Waals surface area contributed by atoms with E-state index in [2.05, 4.69) is 55.2 Å². The Hall–Kier alpha value is -1.32. The fraction of sp³-hybridized carbons (Fsp3) is 0.692. The van der Waals surface area contributed by atoms with Gasteiger partial charge in [-0.1, -0.05) is 13.8 Å². The highest BCUT2D eigenvalue weighted by Crippen LogP contribution is 2.23. The first-order valence-electron chi connectivity index (χ1n) is 6.34. The molecule has 0 aliphatic heterocycles. The number of rotatable bonds is 5. The fourth-order valence-electron chi connectivity index (χ4n) is 1.55.